The smallest absolute Gasteiger partial charge is 0.341 e. The van der Waals surface area contributed by atoms with Gasteiger partial charge in [-0.15, -0.1) is 0 Å². The highest BCUT2D eigenvalue weighted by Crippen LogP contribution is 2.22. The van der Waals surface area contributed by atoms with Crippen LogP contribution in [-0.4, -0.2) is 78.0 Å². The number of alkyl halides is 3. The molecule has 0 bridgehead atoms. The minimum Gasteiger partial charge on any atom is -0.341 e. The number of likely N-dealkylation sites (tertiary alicyclic amines) is 1. The largest absolute Gasteiger partial charge is 0.389 e. The monoisotopic (exact) mass is 335 g/mol. The van der Waals surface area contributed by atoms with E-state index in [2.05, 4.69) is 0 Å². The van der Waals surface area contributed by atoms with Crippen molar-refractivity contribution in [3.63, 3.8) is 0 Å². The zero-order valence-electron chi connectivity index (χ0n) is 13.4. The van der Waals surface area contributed by atoms with E-state index in [1.54, 1.807) is 0 Å². The molecule has 2 heterocycles. The van der Waals surface area contributed by atoms with E-state index in [1.165, 1.54) is 4.90 Å². The van der Waals surface area contributed by atoms with Crippen LogP contribution in [0.25, 0.3) is 0 Å². The van der Waals surface area contributed by atoms with Crippen LogP contribution >= 0.6 is 0 Å². The van der Waals surface area contributed by atoms with Crippen molar-refractivity contribution in [3.05, 3.63) is 0 Å². The average molecular weight is 335 g/mol. The van der Waals surface area contributed by atoms with Gasteiger partial charge in [0.1, 0.15) is 0 Å². The number of carbonyl (C=O) groups is 2. The molecule has 2 fully saturated rings. The number of hydrogen-bond acceptors (Lipinski definition) is 3. The molecule has 2 amide bonds. The summed E-state index contributed by atoms with van der Waals surface area (Å²) in [6.07, 6.45) is -3.78. The molecular formula is C15H24F3N3O2. The Morgan fingerprint density at radius 2 is 1.52 bits per heavy atom. The molecular weight excluding hydrogens is 311 g/mol. The van der Waals surface area contributed by atoms with Crippen molar-refractivity contribution in [3.8, 4) is 0 Å². The molecule has 2 aliphatic heterocycles. The van der Waals surface area contributed by atoms with Crippen molar-refractivity contribution >= 4 is 11.8 Å². The van der Waals surface area contributed by atoms with Crippen molar-refractivity contribution < 1.29 is 22.8 Å². The van der Waals surface area contributed by atoms with E-state index in [4.69, 9.17) is 0 Å². The minimum atomic E-state index is -4.30. The molecule has 0 saturated carbocycles. The van der Waals surface area contributed by atoms with E-state index in [9.17, 15) is 22.8 Å². The van der Waals surface area contributed by atoms with Gasteiger partial charge in [-0.1, -0.05) is 0 Å². The molecule has 5 nitrogen and oxygen atoms in total. The number of amides is 2. The summed E-state index contributed by atoms with van der Waals surface area (Å²) in [5.41, 5.74) is 0. The first-order valence-corrected chi connectivity index (χ1v) is 8.15. The first kappa shape index (κ1) is 18.0. The van der Waals surface area contributed by atoms with Crippen LogP contribution in [0.15, 0.2) is 0 Å². The Morgan fingerprint density at radius 3 is 2.04 bits per heavy atom. The van der Waals surface area contributed by atoms with Crippen LogP contribution in [0.4, 0.5) is 13.2 Å². The van der Waals surface area contributed by atoms with Gasteiger partial charge >= 0.3 is 6.18 Å². The van der Waals surface area contributed by atoms with Gasteiger partial charge < -0.3 is 9.80 Å². The second-order valence-corrected chi connectivity index (χ2v) is 6.24. The zero-order valence-corrected chi connectivity index (χ0v) is 13.4. The Morgan fingerprint density at radius 1 is 0.957 bits per heavy atom. The Kier molecular flexibility index (Phi) is 5.89. The fourth-order valence-corrected chi connectivity index (χ4v) is 3.12. The molecule has 0 N–H and O–H groups in total. The summed E-state index contributed by atoms with van der Waals surface area (Å²) in [5, 5.41) is 0. The van der Waals surface area contributed by atoms with Crippen molar-refractivity contribution in [2.45, 2.75) is 44.8 Å². The number of carbonyl (C=O) groups excluding carboxylic acids is 2. The molecule has 0 radical (unpaired) electrons. The van der Waals surface area contributed by atoms with Gasteiger partial charge in [-0.05, 0) is 19.8 Å². The quantitative estimate of drug-likeness (QED) is 0.782. The van der Waals surface area contributed by atoms with Gasteiger partial charge in [-0.2, -0.15) is 13.2 Å². The predicted octanol–water partition coefficient (Wildman–Crippen LogP) is 1.48. The lowest BCUT2D eigenvalue weighted by molar-refractivity contribution is -0.150. The summed E-state index contributed by atoms with van der Waals surface area (Å²) in [5.74, 6) is -0.347. The van der Waals surface area contributed by atoms with E-state index in [1.807, 2.05) is 16.7 Å². The fourth-order valence-electron chi connectivity index (χ4n) is 3.12. The standard InChI is InChI=1S/C15H24F3N3O2/c1-12(14(23)21-6-2-3-7-21)19-8-10-20(11-9-19)13(22)4-5-15(16,17)18/h12H,2-11H2,1H3/t12-/m0/s1. The first-order valence-electron chi connectivity index (χ1n) is 8.15. The molecule has 0 aliphatic carbocycles. The predicted molar refractivity (Wildman–Crippen MR) is 78.7 cm³/mol. The summed E-state index contributed by atoms with van der Waals surface area (Å²) < 4.78 is 36.5. The van der Waals surface area contributed by atoms with Crippen molar-refractivity contribution in [2.75, 3.05) is 39.3 Å². The molecule has 0 spiro atoms. The Balaban J connectivity index is 1.76. The SMILES string of the molecule is C[C@@H](C(=O)N1CCCC1)N1CCN(C(=O)CCC(F)(F)F)CC1. The van der Waals surface area contributed by atoms with Gasteiger partial charge in [-0.3, -0.25) is 14.5 Å². The van der Waals surface area contributed by atoms with Gasteiger partial charge in [-0.25, -0.2) is 0 Å². The molecule has 23 heavy (non-hydrogen) atoms. The zero-order chi connectivity index (χ0) is 17.0. The van der Waals surface area contributed by atoms with Crippen LogP contribution < -0.4 is 0 Å². The third-order valence-corrected chi connectivity index (χ3v) is 4.61. The fraction of sp³-hybridized carbons (Fsp3) is 0.867. The number of rotatable bonds is 4. The average Bonchev–Trinajstić information content (AvgIpc) is 3.05. The number of nitrogens with zero attached hydrogens (tertiary/aromatic N) is 3. The maximum Gasteiger partial charge on any atom is 0.389 e. The van der Waals surface area contributed by atoms with E-state index in [0.29, 0.717) is 26.2 Å². The van der Waals surface area contributed by atoms with E-state index in [-0.39, 0.29) is 11.9 Å². The van der Waals surface area contributed by atoms with E-state index in [0.717, 1.165) is 25.9 Å². The van der Waals surface area contributed by atoms with Gasteiger partial charge in [0, 0.05) is 45.7 Å². The van der Waals surface area contributed by atoms with Crippen LogP contribution in [0.3, 0.4) is 0 Å². The highest BCUT2D eigenvalue weighted by Gasteiger charge is 2.32. The van der Waals surface area contributed by atoms with E-state index >= 15 is 0 Å². The number of piperazine rings is 1. The number of hydrogen-bond donors (Lipinski definition) is 0. The first-order chi connectivity index (χ1) is 10.8. The summed E-state index contributed by atoms with van der Waals surface area (Å²) in [6, 6.07) is -0.236. The normalized spacial score (nSPS) is 21.6. The highest BCUT2D eigenvalue weighted by atomic mass is 19.4. The van der Waals surface area contributed by atoms with Crippen LogP contribution in [-0.2, 0) is 9.59 Å². The lowest BCUT2D eigenvalue weighted by Gasteiger charge is -2.38. The molecule has 2 aliphatic rings. The summed E-state index contributed by atoms with van der Waals surface area (Å²) in [4.78, 5) is 29.5. The third kappa shape index (κ3) is 5.09. The van der Waals surface area contributed by atoms with Gasteiger partial charge in [0.25, 0.3) is 0 Å². The van der Waals surface area contributed by atoms with Crippen molar-refractivity contribution in [2.24, 2.45) is 0 Å². The Bertz CT molecular complexity index is 428. The van der Waals surface area contributed by atoms with Gasteiger partial charge in [0.2, 0.25) is 11.8 Å². The molecule has 132 valence electrons. The molecule has 0 aromatic rings. The topological polar surface area (TPSA) is 43.9 Å². The molecule has 2 saturated heterocycles. The molecule has 1 atom stereocenters. The van der Waals surface area contributed by atoms with Crippen LogP contribution in [0.1, 0.15) is 32.6 Å². The summed E-state index contributed by atoms with van der Waals surface area (Å²) >= 11 is 0. The molecule has 8 heteroatoms. The van der Waals surface area contributed by atoms with Gasteiger partial charge in [0.05, 0.1) is 12.5 Å². The third-order valence-electron chi connectivity index (χ3n) is 4.61. The summed E-state index contributed by atoms with van der Waals surface area (Å²) in [7, 11) is 0. The Hall–Kier alpha value is -1.31. The van der Waals surface area contributed by atoms with Gasteiger partial charge in [0.15, 0.2) is 0 Å². The van der Waals surface area contributed by atoms with Crippen LogP contribution in [0.2, 0.25) is 0 Å². The lowest BCUT2D eigenvalue weighted by atomic mass is 10.2. The number of halogens is 3. The van der Waals surface area contributed by atoms with E-state index < -0.39 is 24.9 Å². The van der Waals surface area contributed by atoms with Crippen LogP contribution in [0, 0.1) is 0 Å². The molecule has 2 rings (SSSR count). The highest BCUT2D eigenvalue weighted by molar-refractivity contribution is 5.81. The van der Waals surface area contributed by atoms with Crippen molar-refractivity contribution in [1.82, 2.24) is 14.7 Å². The molecule has 0 aromatic carbocycles. The molecule has 0 unspecified atom stereocenters. The Labute approximate surface area is 134 Å². The van der Waals surface area contributed by atoms with Crippen LogP contribution in [0.5, 0.6) is 0 Å². The maximum atomic E-state index is 12.4. The minimum absolute atomic E-state index is 0.111. The second kappa shape index (κ2) is 7.51. The second-order valence-electron chi connectivity index (χ2n) is 6.24. The lowest BCUT2D eigenvalue weighted by Crippen LogP contribution is -2.55. The van der Waals surface area contributed by atoms with Crippen molar-refractivity contribution in [1.29, 1.82) is 0 Å². The summed E-state index contributed by atoms with van der Waals surface area (Å²) in [6.45, 7) is 5.29. The maximum absolute atomic E-state index is 12.4. The molecule has 0 aromatic heterocycles.